The number of anilines is 1. The lowest BCUT2D eigenvalue weighted by Gasteiger charge is -2.34. The molecule has 2 fully saturated rings. The highest BCUT2D eigenvalue weighted by molar-refractivity contribution is 7.94. The Balaban J connectivity index is 0.000000209. The van der Waals surface area contributed by atoms with Gasteiger partial charge in [0.15, 0.2) is 48.2 Å². The molecule has 0 bridgehead atoms. The minimum atomic E-state index is -4.14. The molecule has 0 saturated carbocycles. The van der Waals surface area contributed by atoms with Gasteiger partial charge in [0.2, 0.25) is 0 Å². The van der Waals surface area contributed by atoms with Crippen molar-refractivity contribution in [1.29, 1.82) is 0 Å². The Hall–Kier alpha value is -7.26. The maximum Gasteiger partial charge on any atom is 0.265 e. The Morgan fingerprint density at radius 1 is 0.493 bits per heavy atom. The molecule has 2 aliphatic rings. The van der Waals surface area contributed by atoms with Crippen molar-refractivity contribution in [3.8, 4) is 33.8 Å². The van der Waals surface area contributed by atoms with Gasteiger partial charge in [0.1, 0.15) is 11.5 Å². The van der Waals surface area contributed by atoms with Crippen LogP contribution < -0.4 is 25.8 Å². The predicted octanol–water partition coefficient (Wildman–Crippen LogP) is 6.64. The van der Waals surface area contributed by atoms with Crippen LogP contribution in [-0.4, -0.2) is 99.9 Å². The van der Waals surface area contributed by atoms with Crippen molar-refractivity contribution in [2.75, 3.05) is 45.0 Å². The number of Topliss-reactive ketones (excluding diaryl/α,β-unsaturated/α-hetero) is 1. The predicted molar refractivity (Wildman–Crippen MR) is 260 cm³/mol. The van der Waals surface area contributed by atoms with Crippen molar-refractivity contribution in [3.05, 3.63) is 163 Å². The third-order valence-electron chi connectivity index (χ3n) is 12.2. The van der Waals surface area contributed by atoms with E-state index in [2.05, 4.69) is 5.32 Å². The number of nitrogens with one attached hydrogen (secondary N) is 3. The van der Waals surface area contributed by atoms with Gasteiger partial charge in [-0.3, -0.25) is 29.6 Å². The zero-order valence-corrected chi connectivity index (χ0v) is 39.8. The Kier molecular flexibility index (Phi) is 16.8. The van der Waals surface area contributed by atoms with E-state index < -0.39 is 41.0 Å². The van der Waals surface area contributed by atoms with E-state index in [0.717, 1.165) is 22.3 Å². The minimum Gasteiger partial charge on any atom is -0.485 e. The molecule has 370 valence electrons. The van der Waals surface area contributed by atoms with Crippen molar-refractivity contribution >= 4 is 48.9 Å². The fourth-order valence-corrected chi connectivity index (χ4v) is 12.1. The third kappa shape index (κ3) is 11.7. The van der Waals surface area contributed by atoms with Crippen molar-refractivity contribution in [3.63, 3.8) is 0 Å². The van der Waals surface area contributed by atoms with Crippen LogP contribution in [0.15, 0.2) is 168 Å². The summed E-state index contributed by atoms with van der Waals surface area (Å²) in [6.45, 7) is -0.175. The molecule has 0 aliphatic carbocycles. The van der Waals surface area contributed by atoms with E-state index in [4.69, 9.17) is 29.4 Å². The van der Waals surface area contributed by atoms with Gasteiger partial charge in [-0.2, -0.15) is 0 Å². The molecule has 6 aromatic carbocycles. The van der Waals surface area contributed by atoms with Crippen LogP contribution in [0.4, 0.5) is 5.69 Å². The molecule has 5 N–H and O–H groups in total. The smallest absolute Gasteiger partial charge is 0.265 e. The number of hydrogen-bond acceptors (Lipinski definition) is 14. The van der Waals surface area contributed by atoms with E-state index in [0.29, 0.717) is 17.0 Å². The first-order valence-corrected chi connectivity index (χ1v) is 25.3. The lowest BCUT2D eigenvalue weighted by atomic mass is 9.98. The molecule has 0 radical (unpaired) electrons. The van der Waals surface area contributed by atoms with Crippen LogP contribution in [0.3, 0.4) is 0 Å². The molecule has 6 aromatic rings. The molecule has 0 spiro atoms. The zero-order chi connectivity index (χ0) is 50.5. The number of benzene rings is 6. The molecule has 2 heterocycles. The number of hydrogen-bond donors (Lipinski definition) is 5. The highest BCUT2D eigenvalue weighted by Crippen LogP contribution is 2.37. The molecule has 2 aliphatic heterocycles. The summed E-state index contributed by atoms with van der Waals surface area (Å²) in [5.41, 5.74) is 8.00. The summed E-state index contributed by atoms with van der Waals surface area (Å²) in [4.78, 5) is 49.6. The fourth-order valence-electron chi connectivity index (χ4n) is 8.21. The normalized spacial score (nSPS) is 15.1. The summed E-state index contributed by atoms with van der Waals surface area (Å²) in [5.74, 6) is -1.97. The van der Waals surface area contributed by atoms with Crippen molar-refractivity contribution in [2.45, 2.75) is 45.0 Å². The quantitative estimate of drug-likeness (QED) is 0.0387. The highest BCUT2D eigenvalue weighted by atomic mass is 32.2. The van der Waals surface area contributed by atoms with Gasteiger partial charge in [-0.1, -0.05) is 91.0 Å². The Bertz CT molecular complexity index is 3030. The number of carbonyl (C=O) groups excluding carboxylic acids is 4. The van der Waals surface area contributed by atoms with Gasteiger partial charge in [0, 0.05) is 37.7 Å². The lowest BCUT2D eigenvalue weighted by Crippen LogP contribution is -2.54. The SMILES string of the molecule is O=C(COc1ccc(S(=O)(=O)C2(C(=O)NO)CCOCC2)cc1)Nc1cccc(-c2ccccc2)c1.O=C(COc1ccc(S(=O)(=O)C2(C(=O)NO)CCOCC2)cc1)c1cccc(-c2ccccc2)c1. The van der Waals surface area contributed by atoms with Crippen LogP contribution >= 0.6 is 0 Å². The van der Waals surface area contributed by atoms with Gasteiger partial charge in [0.25, 0.3) is 17.7 Å². The second-order valence-electron chi connectivity index (χ2n) is 16.5. The van der Waals surface area contributed by atoms with E-state index in [1.165, 1.54) is 59.5 Å². The Labute approximate surface area is 410 Å². The Morgan fingerprint density at radius 2 is 0.901 bits per heavy atom. The molecule has 17 nitrogen and oxygen atoms in total. The van der Waals surface area contributed by atoms with E-state index in [9.17, 15) is 36.0 Å². The highest BCUT2D eigenvalue weighted by Gasteiger charge is 2.53. The molecule has 8 rings (SSSR count). The van der Waals surface area contributed by atoms with Crippen LogP contribution in [0.1, 0.15) is 36.0 Å². The molecule has 71 heavy (non-hydrogen) atoms. The summed E-state index contributed by atoms with van der Waals surface area (Å²) in [5, 5.41) is 21.1. The van der Waals surface area contributed by atoms with Crippen molar-refractivity contribution < 1.29 is 65.4 Å². The first kappa shape index (κ1) is 51.6. The van der Waals surface area contributed by atoms with Crippen LogP contribution in [0.5, 0.6) is 11.5 Å². The summed E-state index contributed by atoms with van der Waals surface area (Å²) < 4.78 is 71.1. The molecule has 0 unspecified atom stereocenters. The molecule has 0 aromatic heterocycles. The number of carbonyl (C=O) groups is 4. The van der Waals surface area contributed by atoms with Crippen LogP contribution in [0, 0.1) is 0 Å². The maximum absolute atomic E-state index is 13.3. The average Bonchev–Trinajstić information content (AvgIpc) is 3.42. The summed E-state index contributed by atoms with van der Waals surface area (Å²) >= 11 is 0. The average molecular weight is 1010 g/mol. The van der Waals surface area contributed by atoms with Crippen molar-refractivity contribution in [1.82, 2.24) is 11.0 Å². The first-order chi connectivity index (χ1) is 34.2. The zero-order valence-electron chi connectivity index (χ0n) is 38.2. The first-order valence-electron chi connectivity index (χ1n) is 22.4. The van der Waals surface area contributed by atoms with Gasteiger partial charge in [-0.15, -0.1) is 0 Å². The lowest BCUT2D eigenvalue weighted by molar-refractivity contribution is -0.135. The standard InChI is InChI=1S/C26H26N2O7S.C26H25NO7S/c29-24(27-21-8-4-7-20(17-21)19-5-2-1-3-6-19)18-35-22-9-11-23(12-10-22)36(32,33)26(25(30)28-31)13-15-34-16-14-26;28-24(21-8-4-7-20(17-21)19-5-2-1-3-6-19)18-34-22-9-11-23(12-10-22)35(31,32)26(25(29)27-30)13-15-33-16-14-26/h1-12,17,31H,13-16,18H2,(H,27,29)(H,28,30);1-12,17,30H,13-16,18H2,(H,27,29). The molecule has 19 heteroatoms. The summed E-state index contributed by atoms with van der Waals surface area (Å²) in [6, 6.07) is 45.2. The topological polar surface area (TPSA) is 250 Å². The third-order valence-corrected chi connectivity index (χ3v) is 17.2. The summed E-state index contributed by atoms with van der Waals surface area (Å²) in [7, 11) is -8.27. The molecule has 3 amide bonds. The van der Waals surface area contributed by atoms with Crippen LogP contribution in [-0.2, 0) is 43.5 Å². The van der Waals surface area contributed by atoms with E-state index >= 15 is 0 Å². The van der Waals surface area contributed by atoms with Gasteiger partial charge >= 0.3 is 0 Å². The van der Waals surface area contributed by atoms with Crippen LogP contribution in [0.25, 0.3) is 22.3 Å². The van der Waals surface area contributed by atoms with E-state index in [1.807, 2.05) is 91.0 Å². The van der Waals surface area contributed by atoms with Gasteiger partial charge in [-0.25, -0.2) is 27.8 Å². The van der Waals surface area contributed by atoms with Gasteiger partial charge < -0.3 is 24.3 Å². The number of sulfone groups is 2. The molecular formula is C52H51N3O14S2. The van der Waals surface area contributed by atoms with Crippen LogP contribution in [0.2, 0.25) is 0 Å². The van der Waals surface area contributed by atoms with Crippen molar-refractivity contribution in [2.24, 2.45) is 0 Å². The largest absolute Gasteiger partial charge is 0.485 e. The number of hydroxylamine groups is 2. The maximum atomic E-state index is 13.3. The number of rotatable bonds is 16. The molecular weight excluding hydrogens is 955 g/mol. The number of amides is 3. The Morgan fingerprint density at radius 3 is 1.35 bits per heavy atom. The minimum absolute atomic E-state index is 0.0729. The number of ketones is 1. The van der Waals surface area contributed by atoms with E-state index in [-0.39, 0.29) is 92.6 Å². The monoisotopic (exact) mass is 1010 g/mol. The summed E-state index contributed by atoms with van der Waals surface area (Å²) in [6.07, 6.45) is -0.301. The van der Waals surface area contributed by atoms with Gasteiger partial charge in [-0.05, 0) is 115 Å². The second-order valence-corrected chi connectivity index (χ2v) is 21.0. The fraction of sp³-hybridized carbons (Fsp3) is 0.231. The molecule has 2 saturated heterocycles. The molecule has 0 atom stereocenters. The van der Waals surface area contributed by atoms with Gasteiger partial charge in [0.05, 0.1) is 9.79 Å². The second kappa shape index (κ2) is 23.1. The number of ether oxygens (including phenoxy) is 4. The van der Waals surface area contributed by atoms with E-state index in [1.54, 1.807) is 18.2 Å².